The zero-order valence-electron chi connectivity index (χ0n) is 13.3. The van der Waals surface area contributed by atoms with Crippen LogP contribution in [0.1, 0.15) is 44.6 Å². The number of rotatable bonds is 6. The molecular formula is C14H22IN3O4. The lowest BCUT2D eigenvalue weighted by Crippen LogP contribution is -2.33. The number of nitrogens with one attached hydrogen (secondary N) is 1. The van der Waals surface area contributed by atoms with Gasteiger partial charge in [0, 0.05) is 13.1 Å². The van der Waals surface area contributed by atoms with Crippen molar-refractivity contribution in [3.8, 4) is 0 Å². The van der Waals surface area contributed by atoms with Crippen molar-refractivity contribution in [3.63, 3.8) is 0 Å². The number of aromatic nitrogens is 2. The maximum atomic E-state index is 11.9. The summed E-state index contributed by atoms with van der Waals surface area (Å²) in [5.41, 5.74) is -0.0704. The van der Waals surface area contributed by atoms with E-state index in [-0.39, 0.29) is 5.97 Å². The monoisotopic (exact) mass is 423 g/mol. The highest BCUT2D eigenvalue weighted by atomic mass is 127. The number of amides is 1. The first-order chi connectivity index (χ1) is 10.2. The van der Waals surface area contributed by atoms with E-state index in [4.69, 9.17) is 9.47 Å². The molecule has 0 spiro atoms. The molecule has 0 bridgehead atoms. The van der Waals surface area contributed by atoms with Crippen LogP contribution in [-0.4, -0.2) is 40.6 Å². The van der Waals surface area contributed by atoms with E-state index in [1.54, 1.807) is 17.8 Å². The van der Waals surface area contributed by atoms with Gasteiger partial charge in [0.25, 0.3) is 0 Å². The summed E-state index contributed by atoms with van der Waals surface area (Å²) in [5.74, 6) is -0.385. The van der Waals surface area contributed by atoms with E-state index in [0.717, 1.165) is 3.57 Å². The van der Waals surface area contributed by atoms with Crippen molar-refractivity contribution in [2.45, 2.75) is 46.3 Å². The molecular weight excluding hydrogens is 401 g/mol. The Morgan fingerprint density at radius 2 is 2.09 bits per heavy atom. The number of carbonyl (C=O) groups is 2. The third kappa shape index (κ3) is 6.20. The molecule has 0 fully saturated rings. The van der Waals surface area contributed by atoms with Crippen molar-refractivity contribution in [2.24, 2.45) is 0 Å². The minimum Gasteiger partial charge on any atom is -0.461 e. The molecule has 0 aliphatic carbocycles. The number of ether oxygens (including phenoxy) is 2. The predicted molar refractivity (Wildman–Crippen MR) is 89.8 cm³/mol. The first-order valence-electron chi connectivity index (χ1n) is 7.10. The number of alkyl carbamates (subject to hydrolysis) is 1. The Morgan fingerprint density at radius 3 is 2.68 bits per heavy atom. The van der Waals surface area contributed by atoms with Gasteiger partial charge in [0.05, 0.1) is 16.4 Å². The van der Waals surface area contributed by atoms with Gasteiger partial charge in [-0.25, -0.2) is 9.59 Å². The molecule has 7 nitrogen and oxygen atoms in total. The molecule has 0 aliphatic heterocycles. The molecule has 0 saturated carbocycles. The summed E-state index contributed by atoms with van der Waals surface area (Å²) in [6.07, 6.45) is 1.80. The van der Waals surface area contributed by atoms with Crippen LogP contribution in [0.5, 0.6) is 0 Å². The topological polar surface area (TPSA) is 82.5 Å². The van der Waals surface area contributed by atoms with E-state index in [2.05, 4.69) is 10.4 Å². The number of hydrogen-bond donors (Lipinski definition) is 1. The molecule has 22 heavy (non-hydrogen) atoms. The van der Waals surface area contributed by atoms with E-state index in [9.17, 15) is 9.59 Å². The van der Waals surface area contributed by atoms with Crippen LogP contribution in [-0.2, 0) is 16.0 Å². The van der Waals surface area contributed by atoms with Gasteiger partial charge in [-0.3, -0.25) is 4.68 Å². The van der Waals surface area contributed by atoms with Gasteiger partial charge in [0.2, 0.25) is 0 Å². The molecule has 1 heterocycles. The summed E-state index contributed by atoms with van der Waals surface area (Å²) in [4.78, 5) is 23.4. The van der Waals surface area contributed by atoms with Gasteiger partial charge in [-0.05, 0) is 56.7 Å². The van der Waals surface area contributed by atoms with Crippen LogP contribution in [0.2, 0.25) is 0 Å². The molecule has 0 aliphatic rings. The second-order valence-corrected chi connectivity index (χ2v) is 6.73. The highest BCUT2D eigenvalue weighted by Crippen LogP contribution is 2.13. The van der Waals surface area contributed by atoms with Crippen molar-refractivity contribution in [3.05, 3.63) is 15.5 Å². The molecule has 0 saturated heterocycles. The van der Waals surface area contributed by atoms with Gasteiger partial charge in [0.1, 0.15) is 5.60 Å². The maximum absolute atomic E-state index is 11.9. The highest BCUT2D eigenvalue weighted by molar-refractivity contribution is 14.1. The smallest absolute Gasteiger partial charge is 0.407 e. The lowest BCUT2D eigenvalue weighted by Gasteiger charge is -2.19. The number of nitrogens with zero attached hydrogens (tertiary/aromatic N) is 2. The fourth-order valence-electron chi connectivity index (χ4n) is 1.67. The van der Waals surface area contributed by atoms with Gasteiger partial charge in [-0.15, -0.1) is 0 Å². The zero-order valence-corrected chi connectivity index (χ0v) is 15.5. The van der Waals surface area contributed by atoms with Crippen LogP contribution in [0.15, 0.2) is 6.20 Å². The first kappa shape index (κ1) is 18.7. The van der Waals surface area contributed by atoms with Crippen molar-refractivity contribution in [1.29, 1.82) is 0 Å². The van der Waals surface area contributed by atoms with Gasteiger partial charge >= 0.3 is 12.1 Å². The van der Waals surface area contributed by atoms with Crippen LogP contribution in [0.25, 0.3) is 0 Å². The predicted octanol–water partition coefficient (Wildman–Crippen LogP) is 2.58. The van der Waals surface area contributed by atoms with Crippen LogP contribution < -0.4 is 5.32 Å². The molecule has 0 atom stereocenters. The van der Waals surface area contributed by atoms with E-state index in [1.807, 2.05) is 43.4 Å². The number of esters is 1. The standard InChI is InChI=1S/C14H22IN3O4/c1-5-21-12(19)11-10(15)9-17-18(11)8-6-7-16-13(20)22-14(2,3)4/h9H,5-8H2,1-4H3,(H,16,20). The van der Waals surface area contributed by atoms with Gasteiger partial charge < -0.3 is 14.8 Å². The Bertz CT molecular complexity index is 523. The van der Waals surface area contributed by atoms with Crippen molar-refractivity contribution >= 4 is 34.7 Å². The lowest BCUT2D eigenvalue weighted by molar-refractivity contribution is 0.0500. The fourth-order valence-corrected chi connectivity index (χ4v) is 2.29. The largest absolute Gasteiger partial charge is 0.461 e. The van der Waals surface area contributed by atoms with Crippen molar-refractivity contribution in [2.75, 3.05) is 13.2 Å². The Hall–Kier alpha value is -1.32. The lowest BCUT2D eigenvalue weighted by atomic mass is 10.2. The summed E-state index contributed by atoms with van der Waals surface area (Å²) in [6, 6.07) is 0. The minimum absolute atomic E-state index is 0.320. The van der Waals surface area contributed by atoms with Crippen molar-refractivity contribution in [1.82, 2.24) is 15.1 Å². The number of hydrogen-bond acceptors (Lipinski definition) is 5. The summed E-state index contributed by atoms with van der Waals surface area (Å²) in [5, 5.41) is 6.83. The number of aryl methyl sites for hydroxylation is 1. The van der Waals surface area contributed by atoms with Crippen molar-refractivity contribution < 1.29 is 19.1 Å². The van der Waals surface area contributed by atoms with Gasteiger partial charge in [-0.2, -0.15) is 5.10 Å². The normalized spacial score (nSPS) is 11.1. The Balaban J connectivity index is 2.46. The molecule has 1 amide bonds. The minimum atomic E-state index is -0.515. The van der Waals surface area contributed by atoms with Crippen LogP contribution in [0, 0.1) is 3.57 Å². The Kier molecular flexibility index (Phi) is 7.11. The average molecular weight is 423 g/mol. The van der Waals surface area contributed by atoms with E-state index in [1.165, 1.54) is 0 Å². The fraction of sp³-hybridized carbons (Fsp3) is 0.643. The molecule has 0 unspecified atom stereocenters. The summed E-state index contributed by atoms with van der Waals surface area (Å²) >= 11 is 2.05. The first-order valence-corrected chi connectivity index (χ1v) is 8.17. The summed E-state index contributed by atoms with van der Waals surface area (Å²) in [6.45, 7) is 8.45. The average Bonchev–Trinajstić information content (AvgIpc) is 2.74. The quantitative estimate of drug-likeness (QED) is 0.432. The molecule has 1 N–H and O–H groups in total. The highest BCUT2D eigenvalue weighted by Gasteiger charge is 2.18. The second-order valence-electron chi connectivity index (χ2n) is 5.57. The molecule has 124 valence electrons. The molecule has 0 aromatic carbocycles. The van der Waals surface area contributed by atoms with Crippen LogP contribution in [0.3, 0.4) is 0 Å². The van der Waals surface area contributed by atoms with E-state index >= 15 is 0 Å². The third-order valence-corrected chi connectivity index (χ3v) is 3.27. The zero-order chi connectivity index (χ0) is 16.8. The maximum Gasteiger partial charge on any atom is 0.407 e. The Labute approximate surface area is 143 Å². The number of carbonyl (C=O) groups excluding carboxylic acids is 2. The molecule has 1 rings (SSSR count). The number of halogens is 1. The molecule has 0 radical (unpaired) electrons. The van der Waals surface area contributed by atoms with Crippen LogP contribution in [0.4, 0.5) is 4.79 Å². The molecule has 1 aromatic heterocycles. The van der Waals surface area contributed by atoms with Gasteiger partial charge in [0.15, 0.2) is 5.69 Å². The second kappa shape index (κ2) is 8.35. The Morgan fingerprint density at radius 1 is 1.41 bits per heavy atom. The van der Waals surface area contributed by atoms with E-state index < -0.39 is 11.7 Å². The van der Waals surface area contributed by atoms with Gasteiger partial charge in [-0.1, -0.05) is 0 Å². The molecule has 1 aromatic rings. The van der Waals surface area contributed by atoms with E-state index in [0.29, 0.717) is 31.8 Å². The van der Waals surface area contributed by atoms with Crippen LogP contribution >= 0.6 is 22.6 Å². The summed E-state index contributed by atoms with van der Waals surface area (Å²) in [7, 11) is 0. The summed E-state index contributed by atoms with van der Waals surface area (Å²) < 4.78 is 12.5. The SMILES string of the molecule is CCOC(=O)c1c(I)cnn1CCCNC(=O)OC(C)(C)C. The molecule has 8 heteroatoms. The third-order valence-electron chi connectivity index (χ3n) is 2.48.